The van der Waals surface area contributed by atoms with Crippen molar-refractivity contribution in [2.24, 2.45) is 0 Å². The van der Waals surface area contributed by atoms with Gasteiger partial charge in [-0.25, -0.2) is 15.6 Å². The van der Waals surface area contributed by atoms with Crippen molar-refractivity contribution < 1.29 is 9.90 Å². The van der Waals surface area contributed by atoms with E-state index in [9.17, 15) is 4.79 Å². The second-order valence-electron chi connectivity index (χ2n) is 1.12. The van der Waals surface area contributed by atoms with Crippen LogP contribution in [0.4, 0.5) is 0 Å². The van der Waals surface area contributed by atoms with Crippen molar-refractivity contribution in [3.8, 4) is 0 Å². The van der Waals surface area contributed by atoms with E-state index < -0.39 is 5.97 Å². The molecule has 1 rings (SSSR count). The number of aromatic nitrogens is 3. The highest BCUT2D eigenvalue weighted by Crippen LogP contribution is 1.67. The number of hydrogen-bond acceptors (Lipinski definition) is 1. The van der Waals surface area contributed by atoms with Crippen LogP contribution >= 0.6 is 0 Å². The van der Waals surface area contributed by atoms with Crippen molar-refractivity contribution >= 4 is 5.97 Å². The lowest BCUT2D eigenvalue weighted by Crippen LogP contribution is -1.86. The van der Waals surface area contributed by atoms with E-state index in [1.54, 1.807) is 6.92 Å². The lowest BCUT2D eigenvalue weighted by molar-refractivity contribution is -0.136. The molecular weight excluding hydrogens is 110 g/mol. The third kappa shape index (κ3) is 20.9. The summed E-state index contributed by atoms with van der Waals surface area (Å²) in [6.45, 7) is 1.60. The van der Waals surface area contributed by atoms with Gasteiger partial charge in [0.2, 0.25) is 0 Å². The number of aliphatic carboxylic acids is 1. The molecule has 1 aromatic rings. The Morgan fingerprint density at radius 3 is 1.75 bits per heavy atom. The number of hydrogen-bond donors (Lipinski definition) is 4. The minimum absolute atomic E-state index is 0.222. The summed E-state index contributed by atoms with van der Waals surface area (Å²) in [6.07, 6.45) is 0.222. The molecule has 0 aliphatic heterocycles. The highest BCUT2D eigenvalue weighted by atomic mass is 16.4. The van der Waals surface area contributed by atoms with Crippen LogP contribution in [-0.2, 0) is 4.79 Å². The predicted octanol–water partition coefficient (Wildman–Crippen LogP) is 0.152. The van der Waals surface area contributed by atoms with E-state index in [-0.39, 0.29) is 6.42 Å². The van der Waals surface area contributed by atoms with Crippen LogP contribution in [0.25, 0.3) is 0 Å². The van der Waals surface area contributed by atoms with Gasteiger partial charge in [-0.15, -0.1) is 0 Å². The Morgan fingerprint density at radius 2 is 1.75 bits per heavy atom. The number of nitrogens with one attached hydrogen (secondary N) is 3. The maximum Gasteiger partial charge on any atom is 0.303 e. The average molecular weight is 119 g/mol. The number of rotatable bonds is 1. The molecule has 0 bridgehead atoms. The standard InChI is InChI=1S/C3H6O2.H3N3/c1-2-3(4)5;1-2-3-1/h2H2,1H3,(H,4,5);1-3H. The largest absolute Gasteiger partial charge is 0.481 e. The Balaban J connectivity index is 0.000000135. The van der Waals surface area contributed by atoms with Gasteiger partial charge in [0.15, 0.2) is 0 Å². The molecular formula is C3H9N3O2. The zero-order valence-corrected chi connectivity index (χ0v) is 4.56. The smallest absolute Gasteiger partial charge is 0.303 e. The van der Waals surface area contributed by atoms with Gasteiger partial charge in [0.05, 0.1) is 0 Å². The van der Waals surface area contributed by atoms with Crippen molar-refractivity contribution in [1.29, 1.82) is 0 Å². The van der Waals surface area contributed by atoms with Crippen LogP contribution in [0, 0.1) is 0 Å². The molecule has 0 fully saturated rings. The first-order valence-corrected chi connectivity index (χ1v) is 2.24. The monoisotopic (exact) mass is 119 g/mol. The van der Waals surface area contributed by atoms with E-state index >= 15 is 0 Å². The van der Waals surface area contributed by atoms with E-state index in [1.807, 2.05) is 0 Å². The summed E-state index contributed by atoms with van der Waals surface area (Å²) in [5, 5.41) is 15.2. The molecule has 5 heteroatoms. The Kier molecular flexibility index (Phi) is 3.47. The molecule has 0 spiro atoms. The van der Waals surface area contributed by atoms with E-state index in [2.05, 4.69) is 15.6 Å². The third-order valence-corrected chi connectivity index (χ3v) is 0.427. The lowest BCUT2D eigenvalue weighted by Gasteiger charge is -1.71. The molecule has 1 aromatic heterocycles. The van der Waals surface area contributed by atoms with Gasteiger partial charge < -0.3 is 5.11 Å². The van der Waals surface area contributed by atoms with Crippen LogP contribution in [0.1, 0.15) is 13.3 Å². The fraction of sp³-hybridized carbons (Fsp3) is 0.667. The summed E-state index contributed by atoms with van der Waals surface area (Å²) in [5.74, 6) is -0.745. The fourth-order valence-electron chi connectivity index (χ4n) is 0. The molecule has 48 valence electrons. The summed E-state index contributed by atoms with van der Waals surface area (Å²) < 4.78 is 0. The highest BCUT2D eigenvalue weighted by molar-refractivity contribution is 5.66. The molecule has 4 N–H and O–H groups in total. The molecule has 0 unspecified atom stereocenters. The van der Waals surface area contributed by atoms with E-state index in [0.29, 0.717) is 0 Å². The van der Waals surface area contributed by atoms with Crippen LogP contribution in [-0.4, -0.2) is 26.7 Å². The van der Waals surface area contributed by atoms with Gasteiger partial charge in [0, 0.05) is 6.42 Å². The minimum Gasteiger partial charge on any atom is -0.481 e. The highest BCUT2D eigenvalue weighted by Gasteiger charge is 1.80. The molecule has 0 atom stereocenters. The first-order chi connectivity index (χ1) is 3.77. The minimum atomic E-state index is -0.745. The van der Waals surface area contributed by atoms with E-state index in [0.717, 1.165) is 0 Å². The molecule has 0 aromatic carbocycles. The number of aromatic amines is 3. The second kappa shape index (κ2) is 4.04. The van der Waals surface area contributed by atoms with Crippen LogP contribution in [0.15, 0.2) is 0 Å². The normalized spacial score (nSPS) is 7.62. The summed E-state index contributed by atoms with van der Waals surface area (Å²) in [6, 6.07) is 0. The van der Waals surface area contributed by atoms with Gasteiger partial charge in [-0.2, -0.15) is 0 Å². The average Bonchev–Trinajstić information content (AvgIpc) is 2.48. The van der Waals surface area contributed by atoms with Crippen molar-refractivity contribution in [2.45, 2.75) is 13.3 Å². The Labute approximate surface area is 46.0 Å². The second-order valence-corrected chi connectivity index (χ2v) is 1.12. The summed E-state index contributed by atoms with van der Waals surface area (Å²) in [5.41, 5.74) is 0. The third-order valence-electron chi connectivity index (χ3n) is 0.427. The topological polar surface area (TPSA) is 84.7 Å². The zero-order valence-electron chi connectivity index (χ0n) is 4.56. The van der Waals surface area contributed by atoms with E-state index in [4.69, 9.17) is 5.11 Å². The fourth-order valence-corrected chi connectivity index (χ4v) is 0. The molecule has 0 saturated carbocycles. The van der Waals surface area contributed by atoms with Crippen molar-refractivity contribution in [3.05, 3.63) is 0 Å². The van der Waals surface area contributed by atoms with Gasteiger partial charge in [-0.05, 0) is 0 Å². The van der Waals surface area contributed by atoms with Gasteiger partial charge in [-0.3, -0.25) is 4.79 Å². The molecule has 0 aliphatic rings. The molecule has 0 radical (unpaired) electrons. The first kappa shape index (κ1) is 6.87. The van der Waals surface area contributed by atoms with Crippen molar-refractivity contribution in [3.63, 3.8) is 0 Å². The lowest BCUT2D eigenvalue weighted by atomic mass is 10.5. The quantitative estimate of drug-likeness (QED) is 0.424. The van der Waals surface area contributed by atoms with Crippen LogP contribution in [0.5, 0.6) is 0 Å². The SMILES string of the molecule is CCC(=O)O.[nH]1[nH][nH]1. The van der Waals surface area contributed by atoms with Crippen LogP contribution < -0.4 is 0 Å². The summed E-state index contributed by atoms with van der Waals surface area (Å²) >= 11 is 0. The Morgan fingerprint density at radius 1 is 1.50 bits per heavy atom. The predicted molar refractivity (Wildman–Crippen MR) is 27.4 cm³/mol. The zero-order chi connectivity index (χ0) is 6.41. The molecule has 5 nitrogen and oxygen atoms in total. The van der Waals surface area contributed by atoms with Gasteiger partial charge in [-0.1, -0.05) is 6.92 Å². The number of carbonyl (C=O) groups is 1. The Hall–Kier alpha value is -1.13. The van der Waals surface area contributed by atoms with E-state index in [1.165, 1.54) is 0 Å². The maximum atomic E-state index is 9.37. The number of carboxylic acids is 1. The van der Waals surface area contributed by atoms with Gasteiger partial charge in [0.25, 0.3) is 0 Å². The molecule has 0 amide bonds. The Bertz CT molecular complexity index is 106. The molecule has 0 aliphatic carbocycles. The summed E-state index contributed by atoms with van der Waals surface area (Å²) in [7, 11) is 0. The maximum absolute atomic E-state index is 9.37. The number of H-pyrrole nitrogens is 3. The first-order valence-electron chi connectivity index (χ1n) is 2.24. The van der Waals surface area contributed by atoms with Gasteiger partial charge in [0.1, 0.15) is 0 Å². The van der Waals surface area contributed by atoms with Crippen LogP contribution in [0.3, 0.4) is 0 Å². The molecule has 8 heavy (non-hydrogen) atoms. The number of carboxylic acid groups (broad SMARTS) is 1. The molecule has 0 saturated heterocycles. The van der Waals surface area contributed by atoms with Crippen LogP contribution in [0.2, 0.25) is 0 Å². The van der Waals surface area contributed by atoms with Crippen molar-refractivity contribution in [1.82, 2.24) is 15.6 Å². The summed E-state index contributed by atoms with van der Waals surface area (Å²) in [4.78, 5) is 9.37. The molecule has 1 heterocycles. The van der Waals surface area contributed by atoms with Crippen molar-refractivity contribution in [2.75, 3.05) is 0 Å². The van der Waals surface area contributed by atoms with Gasteiger partial charge >= 0.3 is 5.97 Å².